The first kappa shape index (κ1) is 19.0. The summed E-state index contributed by atoms with van der Waals surface area (Å²) in [6, 6.07) is 17.9. The van der Waals surface area contributed by atoms with Crippen LogP contribution < -0.4 is 5.32 Å². The van der Waals surface area contributed by atoms with E-state index in [4.69, 9.17) is 0 Å². The van der Waals surface area contributed by atoms with Gasteiger partial charge in [0.1, 0.15) is 0 Å². The number of benzene rings is 2. The summed E-state index contributed by atoms with van der Waals surface area (Å²) < 4.78 is 0. The van der Waals surface area contributed by atoms with Gasteiger partial charge < -0.3 is 15.1 Å². The van der Waals surface area contributed by atoms with E-state index in [9.17, 15) is 9.59 Å². The molecule has 27 heavy (non-hydrogen) atoms. The van der Waals surface area contributed by atoms with Crippen molar-refractivity contribution in [2.75, 3.05) is 26.2 Å². The lowest BCUT2D eigenvalue weighted by Gasteiger charge is -2.22. The summed E-state index contributed by atoms with van der Waals surface area (Å²) in [5.41, 5.74) is 3.31. The Bertz CT molecular complexity index is 759. The summed E-state index contributed by atoms with van der Waals surface area (Å²) in [6.45, 7) is 5.09. The third-order valence-corrected chi connectivity index (χ3v) is 4.90. The zero-order valence-electron chi connectivity index (χ0n) is 15.9. The number of urea groups is 1. The van der Waals surface area contributed by atoms with Crippen molar-refractivity contribution in [1.29, 1.82) is 0 Å². The van der Waals surface area contributed by atoms with Crippen molar-refractivity contribution in [3.8, 4) is 0 Å². The van der Waals surface area contributed by atoms with E-state index in [1.54, 1.807) is 0 Å². The van der Waals surface area contributed by atoms with Crippen molar-refractivity contribution in [1.82, 2.24) is 15.1 Å². The highest BCUT2D eigenvalue weighted by Gasteiger charge is 2.21. The van der Waals surface area contributed by atoms with Gasteiger partial charge in [0.15, 0.2) is 0 Å². The molecule has 2 aromatic rings. The summed E-state index contributed by atoms with van der Waals surface area (Å²) in [4.78, 5) is 28.7. The van der Waals surface area contributed by atoms with Gasteiger partial charge in [0.2, 0.25) is 5.91 Å². The van der Waals surface area contributed by atoms with E-state index in [-0.39, 0.29) is 11.9 Å². The van der Waals surface area contributed by atoms with E-state index in [0.29, 0.717) is 39.1 Å². The monoisotopic (exact) mass is 365 g/mol. The smallest absolute Gasteiger partial charge is 0.317 e. The van der Waals surface area contributed by atoms with Gasteiger partial charge in [-0.25, -0.2) is 4.79 Å². The number of rotatable bonds is 4. The number of hydrogen-bond donors (Lipinski definition) is 1. The molecule has 1 aliphatic rings. The Labute approximate surface area is 161 Å². The quantitative estimate of drug-likeness (QED) is 0.906. The molecule has 0 radical (unpaired) electrons. The van der Waals surface area contributed by atoms with E-state index in [2.05, 4.69) is 5.32 Å². The highest BCUT2D eigenvalue weighted by Crippen LogP contribution is 2.09. The maximum Gasteiger partial charge on any atom is 0.317 e. The summed E-state index contributed by atoms with van der Waals surface area (Å²) in [7, 11) is 0. The van der Waals surface area contributed by atoms with E-state index in [1.807, 2.05) is 71.3 Å². The predicted molar refractivity (Wildman–Crippen MR) is 106 cm³/mol. The molecule has 3 amide bonds. The summed E-state index contributed by atoms with van der Waals surface area (Å²) in [5, 5.41) is 2.97. The lowest BCUT2D eigenvalue weighted by molar-refractivity contribution is -0.130. The largest absolute Gasteiger partial charge is 0.341 e. The SMILES string of the molecule is Cc1ccc(CC(=O)N2CCCN(C(=O)NCc3ccccc3)CC2)cc1. The number of nitrogens with zero attached hydrogens (tertiary/aromatic N) is 2. The summed E-state index contributed by atoms with van der Waals surface area (Å²) in [5.74, 6) is 0.130. The van der Waals surface area contributed by atoms with Crippen molar-refractivity contribution >= 4 is 11.9 Å². The van der Waals surface area contributed by atoms with Gasteiger partial charge in [-0.05, 0) is 24.5 Å². The maximum absolute atomic E-state index is 12.6. The van der Waals surface area contributed by atoms with Gasteiger partial charge in [0.05, 0.1) is 6.42 Å². The molecule has 0 atom stereocenters. The van der Waals surface area contributed by atoms with E-state index >= 15 is 0 Å². The second kappa shape index (κ2) is 9.21. The van der Waals surface area contributed by atoms with Crippen LogP contribution in [0.2, 0.25) is 0 Å². The lowest BCUT2D eigenvalue weighted by Crippen LogP contribution is -2.42. The van der Waals surface area contributed by atoms with Gasteiger partial charge in [0, 0.05) is 32.7 Å². The van der Waals surface area contributed by atoms with Crippen LogP contribution in [0.25, 0.3) is 0 Å². The van der Waals surface area contributed by atoms with Crippen molar-refractivity contribution in [3.05, 3.63) is 71.3 Å². The third kappa shape index (κ3) is 5.58. The average Bonchev–Trinajstić information content (AvgIpc) is 2.95. The minimum atomic E-state index is -0.0633. The van der Waals surface area contributed by atoms with E-state index in [0.717, 1.165) is 17.5 Å². The molecular formula is C22H27N3O2. The zero-order chi connectivity index (χ0) is 19.1. The highest BCUT2D eigenvalue weighted by molar-refractivity contribution is 5.79. The average molecular weight is 365 g/mol. The number of carbonyl (C=O) groups excluding carboxylic acids is 2. The molecule has 0 saturated carbocycles. The minimum absolute atomic E-state index is 0.0633. The van der Waals surface area contributed by atoms with Crippen molar-refractivity contribution < 1.29 is 9.59 Å². The normalized spacial score (nSPS) is 14.6. The Morgan fingerprint density at radius 3 is 2.26 bits per heavy atom. The number of hydrogen-bond acceptors (Lipinski definition) is 2. The fraction of sp³-hybridized carbons (Fsp3) is 0.364. The Balaban J connectivity index is 1.48. The number of carbonyl (C=O) groups is 2. The number of amides is 3. The van der Waals surface area contributed by atoms with Crippen LogP contribution >= 0.6 is 0 Å². The molecule has 0 unspecified atom stereocenters. The van der Waals surface area contributed by atoms with Crippen LogP contribution in [-0.2, 0) is 17.8 Å². The van der Waals surface area contributed by atoms with Crippen molar-refractivity contribution in [2.24, 2.45) is 0 Å². The molecule has 1 saturated heterocycles. The van der Waals surface area contributed by atoms with Crippen LogP contribution in [0.1, 0.15) is 23.1 Å². The van der Waals surface area contributed by atoms with Crippen LogP contribution in [-0.4, -0.2) is 47.9 Å². The molecule has 0 spiro atoms. The molecule has 1 heterocycles. The van der Waals surface area contributed by atoms with Crippen molar-refractivity contribution in [2.45, 2.75) is 26.3 Å². The fourth-order valence-corrected chi connectivity index (χ4v) is 3.25. The number of nitrogens with one attached hydrogen (secondary N) is 1. The van der Waals surface area contributed by atoms with Gasteiger partial charge in [-0.3, -0.25) is 4.79 Å². The maximum atomic E-state index is 12.6. The topological polar surface area (TPSA) is 52.7 Å². The third-order valence-electron chi connectivity index (χ3n) is 4.90. The Kier molecular flexibility index (Phi) is 6.47. The molecule has 5 heteroatoms. The van der Waals surface area contributed by atoms with Crippen LogP contribution in [0.3, 0.4) is 0 Å². The summed E-state index contributed by atoms with van der Waals surface area (Å²) in [6.07, 6.45) is 1.22. The van der Waals surface area contributed by atoms with E-state index < -0.39 is 0 Å². The van der Waals surface area contributed by atoms with Gasteiger partial charge in [-0.2, -0.15) is 0 Å². The lowest BCUT2D eigenvalue weighted by atomic mass is 10.1. The van der Waals surface area contributed by atoms with Crippen LogP contribution in [0, 0.1) is 6.92 Å². The molecule has 0 bridgehead atoms. The fourth-order valence-electron chi connectivity index (χ4n) is 3.25. The van der Waals surface area contributed by atoms with Crippen LogP contribution in [0.4, 0.5) is 4.79 Å². The standard InChI is InChI=1S/C22H27N3O2/c1-18-8-10-19(11-9-18)16-21(26)24-12-5-13-25(15-14-24)22(27)23-17-20-6-3-2-4-7-20/h2-4,6-11H,5,12-17H2,1H3,(H,23,27). The second-order valence-corrected chi connectivity index (χ2v) is 7.03. The Morgan fingerprint density at radius 2 is 1.52 bits per heavy atom. The zero-order valence-corrected chi connectivity index (χ0v) is 15.9. The molecule has 0 aliphatic carbocycles. The van der Waals surface area contributed by atoms with Gasteiger partial charge in [-0.1, -0.05) is 60.2 Å². The van der Waals surface area contributed by atoms with Gasteiger partial charge >= 0.3 is 6.03 Å². The van der Waals surface area contributed by atoms with Gasteiger partial charge in [0.25, 0.3) is 0 Å². The molecule has 5 nitrogen and oxygen atoms in total. The molecule has 1 N–H and O–H groups in total. The molecule has 2 aromatic carbocycles. The highest BCUT2D eigenvalue weighted by atomic mass is 16.2. The first-order valence-electron chi connectivity index (χ1n) is 9.52. The minimum Gasteiger partial charge on any atom is -0.341 e. The Hall–Kier alpha value is -2.82. The molecular weight excluding hydrogens is 338 g/mol. The second-order valence-electron chi connectivity index (χ2n) is 7.03. The van der Waals surface area contributed by atoms with E-state index in [1.165, 1.54) is 5.56 Å². The first-order valence-corrected chi connectivity index (χ1v) is 9.52. The first-order chi connectivity index (χ1) is 13.1. The van der Waals surface area contributed by atoms with Crippen LogP contribution in [0.5, 0.6) is 0 Å². The van der Waals surface area contributed by atoms with Gasteiger partial charge in [-0.15, -0.1) is 0 Å². The number of aryl methyl sites for hydroxylation is 1. The van der Waals surface area contributed by atoms with Crippen LogP contribution in [0.15, 0.2) is 54.6 Å². The molecule has 0 aromatic heterocycles. The summed E-state index contributed by atoms with van der Waals surface area (Å²) >= 11 is 0. The molecule has 142 valence electrons. The Morgan fingerprint density at radius 1 is 0.852 bits per heavy atom. The molecule has 1 fully saturated rings. The predicted octanol–water partition coefficient (Wildman–Crippen LogP) is 2.98. The van der Waals surface area contributed by atoms with Crippen molar-refractivity contribution in [3.63, 3.8) is 0 Å². The molecule has 1 aliphatic heterocycles. The molecule has 3 rings (SSSR count).